The Bertz CT molecular complexity index is 566. The number of carbonyl (C=O) groups excluding carboxylic acids is 1. The maximum Gasteiger partial charge on any atom is 0.227 e. The molecule has 0 bridgehead atoms. The highest BCUT2D eigenvalue weighted by atomic mass is 35.5. The van der Waals surface area contributed by atoms with Gasteiger partial charge in [-0.2, -0.15) is 0 Å². The van der Waals surface area contributed by atoms with Crippen molar-refractivity contribution in [3.05, 3.63) is 21.9 Å². The third-order valence-corrected chi connectivity index (χ3v) is 4.26. The van der Waals surface area contributed by atoms with E-state index in [4.69, 9.17) is 23.2 Å². The van der Waals surface area contributed by atoms with Gasteiger partial charge in [0.2, 0.25) is 5.91 Å². The van der Waals surface area contributed by atoms with Crippen molar-refractivity contribution in [2.45, 2.75) is 20.4 Å². The standard InChI is InChI=1S/C14H23Cl2N5O/c1-14(2,12(22)17-3)8-20-13(18-4)19-7-9-6-10(15)11(16)21(9)5/h6H,7-8H2,1-5H3,(H,17,22)(H2,18,19,20). The van der Waals surface area contributed by atoms with E-state index in [1.54, 1.807) is 24.7 Å². The molecule has 0 spiro atoms. The summed E-state index contributed by atoms with van der Waals surface area (Å²) in [7, 11) is 5.14. The second-order valence-corrected chi connectivity index (χ2v) is 6.34. The lowest BCUT2D eigenvalue weighted by molar-refractivity contribution is -0.128. The topological polar surface area (TPSA) is 70.5 Å². The van der Waals surface area contributed by atoms with Crippen LogP contribution in [0.15, 0.2) is 11.1 Å². The zero-order chi connectivity index (χ0) is 16.9. The van der Waals surface area contributed by atoms with Gasteiger partial charge in [0.1, 0.15) is 5.15 Å². The SMILES string of the molecule is CN=C(NCc1cc(Cl)c(Cl)n1C)NCC(C)(C)C(=O)NC. The first-order chi connectivity index (χ1) is 10.2. The summed E-state index contributed by atoms with van der Waals surface area (Å²) in [6.07, 6.45) is 0. The molecule has 0 aromatic carbocycles. The van der Waals surface area contributed by atoms with Gasteiger partial charge in [-0.25, -0.2) is 0 Å². The number of hydrogen-bond donors (Lipinski definition) is 3. The highest BCUT2D eigenvalue weighted by molar-refractivity contribution is 6.41. The van der Waals surface area contributed by atoms with Crippen LogP contribution in [-0.4, -0.2) is 37.1 Å². The van der Waals surface area contributed by atoms with E-state index in [2.05, 4.69) is 20.9 Å². The first kappa shape index (κ1) is 18.6. The fourth-order valence-electron chi connectivity index (χ4n) is 1.88. The molecule has 0 saturated heterocycles. The highest BCUT2D eigenvalue weighted by Crippen LogP contribution is 2.24. The quantitative estimate of drug-likeness (QED) is 0.561. The van der Waals surface area contributed by atoms with Crippen LogP contribution in [0.25, 0.3) is 0 Å². The van der Waals surface area contributed by atoms with E-state index < -0.39 is 5.41 Å². The van der Waals surface area contributed by atoms with Crippen molar-refractivity contribution in [1.29, 1.82) is 0 Å². The molecule has 1 aromatic heterocycles. The first-order valence-electron chi connectivity index (χ1n) is 6.89. The minimum absolute atomic E-state index is 0.0311. The molecule has 0 fully saturated rings. The molecule has 1 amide bonds. The molecule has 8 heteroatoms. The molecule has 1 aromatic rings. The lowest BCUT2D eigenvalue weighted by atomic mass is 9.92. The lowest BCUT2D eigenvalue weighted by Crippen LogP contribution is -2.47. The Kier molecular flexibility index (Phi) is 6.56. The van der Waals surface area contributed by atoms with Crippen LogP contribution < -0.4 is 16.0 Å². The molecule has 0 radical (unpaired) electrons. The molecule has 0 unspecified atom stereocenters. The van der Waals surface area contributed by atoms with Crippen LogP contribution in [0.5, 0.6) is 0 Å². The van der Waals surface area contributed by atoms with Crippen LogP contribution in [0.4, 0.5) is 0 Å². The maximum atomic E-state index is 11.8. The van der Waals surface area contributed by atoms with Crippen molar-refractivity contribution >= 4 is 35.1 Å². The van der Waals surface area contributed by atoms with Gasteiger partial charge in [0, 0.05) is 33.4 Å². The summed E-state index contributed by atoms with van der Waals surface area (Å²) in [5, 5.41) is 9.97. The third-order valence-electron chi connectivity index (χ3n) is 3.42. The number of amides is 1. The molecule has 0 atom stereocenters. The Morgan fingerprint density at radius 3 is 2.45 bits per heavy atom. The number of halogens is 2. The van der Waals surface area contributed by atoms with Crippen LogP contribution in [-0.2, 0) is 18.4 Å². The Hall–Kier alpha value is -1.40. The number of guanidine groups is 1. The molecule has 0 aliphatic carbocycles. The molecular formula is C14H23Cl2N5O. The number of nitrogens with one attached hydrogen (secondary N) is 3. The zero-order valence-corrected chi connectivity index (χ0v) is 15.1. The summed E-state index contributed by atoms with van der Waals surface area (Å²) in [6, 6.07) is 1.80. The first-order valence-corrected chi connectivity index (χ1v) is 7.64. The van der Waals surface area contributed by atoms with Crippen molar-refractivity contribution in [2.24, 2.45) is 17.5 Å². The van der Waals surface area contributed by atoms with Gasteiger partial charge in [-0.15, -0.1) is 0 Å². The highest BCUT2D eigenvalue weighted by Gasteiger charge is 2.26. The van der Waals surface area contributed by atoms with Crippen molar-refractivity contribution in [1.82, 2.24) is 20.5 Å². The van der Waals surface area contributed by atoms with Gasteiger partial charge in [-0.05, 0) is 19.9 Å². The molecular weight excluding hydrogens is 325 g/mol. The van der Waals surface area contributed by atoms with Crippen molar-refractivity contribution in [2.75, 3.05) is 20.6 Å². The number of aromatic nitrogens is 1. The molecule has 6 nitrogen and oxygen atoms in total. The lowest BCUT2D eigenvalue weighted by Gasteiger charge is -2.24. The van der Waals surface area contributed by atoms with E-state index in [1.807, 2.05) is 20.9 Å². The largest absolute Gasteiger partial charge is 0.359 e. The van der Waals surface area contributed by atoms with Crippen molar-refractivity contribution in [3.63, 3.8) is 0 Å². The van der Waals surface area contributed by atoms with E-state index in [1.165, 1.54) is 0 Å². The van der Waals surface area contributed by atoms with E-state index in [0.29, 0.717) is 29.2 Å². The predicted molar refractivity (Wildman–Crippen MR) is 91.5 cm³/mol. The second kappa shape index (κ2) is 7.74. The van der Waals surface area contributed by atoms with E-state index in [9.17, 15) is 4.79 Å². The van der Waals surface area contributed by atoms with Gasteiger partial charge in [-0.1, -0.05) is 23.2 Å². The minimum atomic E-state index is -0.538. The van der Waals surface area contributed by atoms with E-state index in [-0.39, 0.29) is 5.91 Å². The fraction of sp³-hybridized carbons (Fsp3) is 0.571. The normalized spacial score (nSPS) is 12.2. The Morgan fingerprint density at radius 1 is 1.36 bits per heavy atom. The van der Waals surface area contributed by atoms with Crippen LogP contribution in [0.1, 0.15) is 19.5 Å². The number of hydrogen-bond acceptors (Lipinski definition) is 2. The molecule has 1 rings (SSSR count). The van der Waals surface area contributed by atoms with Crippen LogP contribution >= 0.6 is 23.2 Å². The average Bonchev–Trinajstić information content (AvgIpc) is 2.73. The summed E-state index contributed by atoms with van der Waals surface area (Å²) in [4.78, 5) is 15.9. The molecule has 1 heterocycles. The van der Waals surface area contributed by atoms with Crippen LogP contribution in [0.3, 0.4) is 0 Å². The van der Waals surface area contributed by atoms with Gasteiger partial charge >= 0.3 is 0 Å². The summed E-state index contributed by atoms with van der Waals surface area (Å²) < 4.78 is 1.80. The van der Waals surface area contributed by atoms with Gasteiger partial charge < -0.3 is 20.5 Å². The monoisotopic (exact) mass is 347 g/mol. The smallest absolute Gasteiger partial charge is 0.227 e. The summed E-state index contributed by atoms with van der Waals surface area (Å²) in [5.41, 5.74) is 0.396. The molecule has 0 aliphatic rings. The van der Waals surface area contributed by atoms with Gasteiger partial charge in [-0.3, -0.25) is 9.79 Å². The minimum Gasteiger partial charge on any atom is -0.359 e. The average molecular weight is 348 g/mol. The second-order valence-electron chi connectivity index (χ2n) is 5.58. The third kappa shape index (κ3) is 4.55. The van der Waals surface area contributed by atoms with Gasteiger partial charge in [0.15, 0.2) is 5.96 Å². The number of carbonyl (C=O) groups is 1. The van der Waals surface area contributed by atoms with Gasteiger partial charge in [0.25, 0.3) is 0 Å². The molecule has 0 aliphatic heterocycles. The van der Waals surface area contributed by atoms with Crippen molar-refractivity contribution < 1.29 is 4.79 Å². The predicted octanol–water partition coefficient (Wildman–Crippen LogP) is 1.77. The summed E-state index contributed by atoms with van der Waals surface area (Å²) in [6.45, 7) is 4.70. The Morgan fingerprint density at radius 2 is 2.00 bits per heavy atom. The Balaban J connectivity index is 2.60. The fourth-order valence-corrected chi connectivity index (χ4v) is 2.29. The van der Waals surface area contributed by atoms with Gasteiger partial charge in [0.05, 0.1) is 17.0 Å². The van der Waals surface area contributed by atoms with Crippen LogP contribution in [0.2, 0.25) is 10.2 Å². The number of aliphatic imine (C=N–C) groups is 1. The number of nitrogens with zero attached hydrogens (tertiary/aromatic N) is 2. The number of rotatable bonds is 5. The summed E-state index contributed by atoms with van der Waals surface area (Å²) in [5.74, 6) is 0.571. The summed E-state index contributed by atoms with van der Waals surface area (Å²) >= 11 is 12.0. The van der Waals surface area contributed by atoms with Crippen molar-refractivity contribution in [3.8, 4) is 0 Å². The Labute approximate surface area is 141 Å². The maximum absolute atomic E-state index is 11.8. The zero-order valence-electron chi connectivity index (χ0n) is 13.6. The molecule has 3 N–H and O–H groups in total. The molecule has 0 saturated carbocycles. The molecule has 22 heavy (non-hydrogen) atoms. The molecule has 124 valence electrons. The van der Waals surface area contributed by atoms with Crippen LogP contribution in [0, 0.1) is 5.41 Å². The van der Waals surface area contributed by atoms with E-state index in [0.717, 1.165) is 5.69 Å². The van der Waals surface area contributed by atoms with E-state index >= 15 is 0 Å².